The normalized spacial score (nSPS) is 15.8. The van der Waals surface area contributed by atoms with Gasteiger partial charge >= 0.3 is 0 Å². The van der Waals surface area contributed by atoms with Gasteiger partial charge in [-0.25, -0.2) is 4.99 Å². The molecule has 0 radical (unpaired) electrons. The van der Waals surface area contributed by atoms with Crippen molar-refractivity contribution in [2.45, 2.75) is 27.4 Å². The van der Waals surface area contributed by atoms with Crippen molar-refractivity contribution in [2.24, 2.45) is 4.99 Å². The van der Waals surface area contributed by atoms with Crippen LogP contribution in [-0.4, -0.2) is 29.6 Å². The number of methoxy groups -OCH3 is 1. The van der Waals surface area contributed by atoms with E-state index in [1.165, 1.54) is 11.8 Å². The summed E-state index contributed by atoms with van der Waals surface area (Å²) in [6, 6.07) is 19.9. The van der Waals surface area contributed by atoms with Crippen LogP contribution in [0, 0.1) is 13.8 Å². The second-order valence-corrected chi connectivity index (χ2v) is 10.0. The number of hydrogen-bond acceptors (Lipinski definition) is 5. The fraction of sp³-hybridized carbons (Fsp3) is 0.214. The summed E-state index contributed by atoms with van der Waals surface area (Å²) < 4.78 is 12.4. The Kier molecular flexibility index (Phi) is 7.98. The fourth-order valence-electron chi connectivity index (χ4n) is 3.62. The van der Waals surface area contributed by atoms with E-state index in [2.05, 4.69) is 22.0 Å². The maximum Gasteiger partial charge on any atom is 0.266 e. The molecule has 3 aromatic rings. The Morgan fingerprint density at radius 2 is 1.83 bits per heavy atom. The second-order valence-electron chi connectivity index (χ2n) is 8.14. The number of hydrogen-bond donors (Lipinski definition) is 0. The Bertz CT molecular complexity index is 1310. The largest absolute Gasteiger partial charge is 0.493 e. The number of benzene rings is 3. The number of amidine groups is 1. The number of carbonyl (C=O) groups excluding carboxylic acids is 1. The number of aliphatic imine (C=N–C) groups is 1. The summed E-state index contributed by atoms with van der Waals surface area (Å²) in [4.78, 5) is 20.3. The van der Waals surface area contributed by atoms with Crippen LogP contribution in [0.1, 0.15) is 29.2 Å². The maximum atomic E-state index is 13.2. The molecule has 0 N–H and O–H groups in total. The molecule has 0 bridgehead atoms. The number of thioether (sulfide) groups is 1. The summed E-state index contributed by atoms with van der Waals surface area (Å²) in [5.74, 6) is 1.17. The predicted molar refractivity (Wildman–Crippen MR) is 147 cm³/mol. The summed E-state index contributed by atoms with van der Waals surface area (Å²) in [5.41, 5.74) is 4.98. The zero-order valence-electron chi connectivity index (χ0n) is 20.2. The highest BCUT2D eigenvalue weighted by Gasteiger charge is 2.32. The predicted octanol–water partition coefficient (Wildman–Crippen LogP) is 7.28. The molecular weight excluding hydrogens is 524 g/mol. The number of carbonyl (C=O) groups is 1. The monoisotopic (exact) mass is 550 g/mol. The maximum absolute atomic E-state index is 13.2. The van der Waals surface area contributed by atoms with E-state index in [4.69, 9.17) is 14.5 Å². The number of likely N-dealkylation sites (N-methyl/N-ethyl adjacent to an activating group) is 1. The van der Waals surface area contributed by atoms with Gasteiger partial charge in [0.05, 0.1) is 17.7 Å². The standard InChI is InChI=1S/C28H27BrN2O3S/c1-5-31-27(32)26(35-28(31)30-23-13-18(2)11-12-19(23)3)15-21-14-24(33-4)25(16-22(21)29)34-17-20-9-7-6-8-10-20/h6-16H,5,17H2,1-4H3/b26-15+,30-28?. The zero-order valence-corrected chi connectivity index (χ0v) is 22.6. The first-order valence-corrected chi connectivity index (χ1v) is 12.9. The van der Waals surface area contributed by atoms with Crippen molar-refractivity contribution in [2.75, 3.05) is 13.7 Å². The molecule has 1 heterocycles. The van der Waals surface area contributed by atoms with Crippen LogP contribution in [0.3, 0.4) is 0 Å². The molecule has 180 valence electrons. The molecule has 0 aliphatic carbocycles. The molecule has 1 saturated heterocycles. The number of aryl methyl sites for hydroxylation is 2. The quantitative estimate of drug-likeness (QED) is 0.290. The molecule has 1 aliphatic rings. The first kappa shape index (κ1) is 25.1. The number of halogens is 1. The molecule has 4 rings (SSSR count). The molecule has 0 saturated carbocycles. The minimum atomic E-state index is -0.0585. The van der Waals surface area contributed by atoms with Gasteiger partial charge in [-0.1, -0.05) is 58.4 Å². The molecule has 7 heteroatoms. The van der Waals surface area contributed by atoms with Gasteiger partial charge in [0.1, 0.15) is 6.61 Å². The summed E-state index contributed by atoms with van der Waals surface area (Å²) in [6.07, 6.45) is 1.87. The Hall–Kier alpha value is -3.03. The lowest BCUT2D eigenvalue weighted by Crippen LogP contribution is -2.28. The lowest BCUT2D eigenvalue weighted by atomic mass is 10.1. The average Bonchev–Trinajstić information content (AvgIpc) is 3.15. The third kappa shape index (κ3) is 5.80. The molecule has 0 spiro atoms. The molecule has 35 heavy (non-hydrogen) atoms. The van der Waals surface area contributed by atoms with Crippen LogP contribution in [0.5, 0.6) is 11.5 Å². The van der Waals surface area contributed by atoms with Gasteiger partial charge in [0.25, 0.3) is 5.91 Å². The van der Waals surface area contributed by atoms with Gasteiger partial charge in [-0.15, -0.1) is 0 Å². The van der Waals surface area contributed by atoms with E-state index in [1.54, 1.807) is 12.0 Å². The van der Waals surface area contributed by atoms with Crippen LogP contribution in [0.25, 0.3) is 6.08 Å². The van der Waals surface area contributed by atoms with Crippen molar-refractivity contribution < 1.29 is 14.3 Å². The van der Waals surface area contributed by atoms with Gasteiger partial charge in [-0.2, -0.15) is 0 Å². The molecular formula is C28H27BrN2O3S. The average molecular weight is 552 g/mol. The summed E-state index contributed by atoms with van der Waals surface area (Å²) in [5, 5.41) is 0.684. The van der Waals surface area contributed by atoms with E-state index >= 15 is 0 Å². The van der Waals surface area contributed by atoms with Crippen LogP contribution < -0.4 is 9.47 Å². The van der Waals surface area contributed by atoms with E-state index in [-0.39, 0.29) is 5.91 Å². The third-order valence-electron chi connectivity index (χ3n) is 5.59. The SMILES string of the molecule is CCN1C(=O)/C(=C\c2cc(OC)c(OCc3ccccc3)cc2Br)SC1=Nc1cc(C)ccc1C. The number of amides is 1. The fourth-order valence-corrected chi connectivity index (χ4v) is 5.11. The van der Waals surface area contributed by atoms with Crippen LogP contribution in [0.4, 0.5) is 5.69 Å². The molecule has 0 unspecified atom stereocenters. The van der Waals surface area contributed by atoms with Crippen molar-refractivity contribution in [3.8, 4) is 11.5 Å². The van der Waals surface area contributed by atoms with Crippen molar-refractivity contribution in [1.82, 2.24) is 4.90 Å². The molecule has 1 fully saturated rings. The first-order chi connectivity index (χ1) is 16.9. The van der Waals surface area contributed by atoms with Crippen molar-refractivity contribution in [3.05, 3.63) is 92.3 Å². The topological polar surface area (TPSA) is 51.1 Å². The summed E-state index contributed by atoms with van der Waals surface area (Å²) >= 11 is 5.02. The van der Waals surface area contributed by atoms with Gasteiger partial charge in [0.2, 0.25) is 0 Å². The minimum absolute atomic E-state index is 0.0585. The summed E-state index contributed by atoms with van der Waals surface area (Å²) in [7, 11) is 1.61. The molecule has 1 amide bonds. The number of rotatable bonds is 7. The Morgan fingerprint density at radius 3 is 2.54 bits per heavy atom. The highest BCUT2D eigenvalue weighted by molar-refractivity contribution is 9.10. The van der Waals surface area contributed by atoms with E-state index in [1.807, 2.05) is 81.4 Å². The third-order valence-corrected chi connectivity index (χ3v) is 7.29. The van der Waals surface area contributed by atoms with Gasteiger partial charge in [0, 0.05) is 11.0 Å². The van der Waals surface area contributed by atoms with Crippen molar-refractivity contribution >= 4 is 50.5 Å². The van der Waals surface area contributed by atoms with Crippen LogP contribution in [0.2, 0.25) is 0 Å². The van der Waals surface area contributed by atoms with E-state index in [0.717, 1.165) is 32.4 Å². The van der Waals surface area contributed by atoms with E-state index < -0.39 is 0 Å². The van der Waals surface area contributed by atoms with E-state index in [9.17, 15) is 4.79 Å². The number of nitrogens with zero attached hydrogens (tertiary/aromatic N) is 2. The first-order valence-electron chi connectivity index (χ1n) is 11.3. The molecule has 3 aromatic carbocycles. The van der Waals surface area contributed by atoms with Gasteiger partial charge in [-0.3, -0.25) is 9.69 Å². The highest BCUT2D eigenvalue weighted by Crippen LogP contribution is 2.39. The van der Waals surface area contributed by atoms with Gasteiger partial charge in [0.15, 0.2) is 16.7 Å². The molecule has 0 atom stereocenters. The zero-order chi connectivity index (χ0) is 24.9. The smallest absolute Gasteiger partial charge is 0.266 e. The molecule has 1 aliphatic heterocycles. The number of ether oxygens (including phenoxy) is 2. The summed E-state index contributed by atoms with van der Waals surface area (Å²) in [6.45, 7) is 7.00. The Morgan fingerprint density at radius 1 is 1.06 bits per heavy atom. The van der Waals surface area contributed by atoms with Crippen LogP contribution in [0.15, 0.2) is 75.0 Å². The molecule has 5 nitrogen and oxygen atoms in total. The second kappa shape index (κ2) is 11.1. The van der Waals surface area contributed by atoms with Crippen molar-refractivity contribution in [3.63, 3.8) is 0 Å². The van der Waals surface area contributed by atoms with Crippen LogP contribution >= 0.6 is 27.7 Å². The van der Waals surface area contributed by atoms with Gasteiger partial charge in [-0.05, 0) is 79.1 Å². The van der Waals surface area contributed by atoms with Gasteiger partial charge < -0.3 is 9.47 Å². The minimum Gasteiger partial charge on any atom is -0.493 e. The Balaban J connectivity index is 1.62. The van der Waals surface area contributed by atoms with Crippen molar-refractivity contribution in [1.29, 1.82) is 0 Å². The van der Waals surface area contributed by atoms with Crippen LogP contribution in [-0.2, 0) is 11.4 Å². The highest BCUT2D eigenvalue weighted by atomic mass is 79.9. The lowest BCUT2D eigenvalue weighted by Gasteiger charge is -2.13. The van der Waals surface area contributed by atoms with E-state index in [0.29, 0.717) is 34.7 Å². The molecule has 0 aromatic heterocycles. The lowest BCUT2D eigenvalue weighted by molar-refractivity contribution is -0.122. The Labute approximate surface area is 219 Å².